The van der Waals surface area contributed by atoms with Crippen LogP contribution < -0.4 is 0 Å². The van der Waals surface area contributed by atoms with Gasteiger partial charge >= 0.3 is 0 Å². The molecule has 0 aliphatic carbocycles. The lowest BCUT2D eigenvalue weighted by Crippen LogP contribution is -1.88. The van der Waals surface area contributed by atoms with E-state index in [1.165, 1.54) is 16.7 Å². The molecule has 1 nitrogen and oxygen atoms in total. The Morgan fingerprint density at radius 1 is 0.833 bits per heavy atom. The van der Waals surface area contributed by atoms with Crippen molar-refractivity contribution < 1.29 is 0 Å². The lowest BCUT2D eigenvalue weighted by atomic mass is 10.0. The Balaban J connectivity index is 1.49. The molecule has 0 saturated carbocycles. The highest BCUT2D eigenvalue weighted by Gasteiger charge is 1.97. The third-order valence-electron chi connectivity index (χ3n) is 4.62. The van der Waals surface area contributed by atoms with Crippen LogP contribution in [0, 0.1) is 11.8 Å². The largest absolute Gasteiger partial charge is 0.293 e. The van der Waals surface area contributed by atoms with E-state index in [0.717, 1.165) is 30.5 Å². The molecule has 0 amide bonds. The standard InChI is InChI=1S/C29H27N/c1-2-3-14-29(27-17-10-5-11-18-27)24-30-23-12-6-7-13-25-19-21-28(22-20-25)26-15-8-4-9-16-26/h2-5,8-11,14-22,24H,6,12,23H2,1H3/b3-2-,29-14+,30-24+. The van der Waals surface area contributed by atoms with Gasteiger partial charge < -0.3 is 0 Å². The maximum Gasteiger partial charge on any atom is 0.0398 e. The van der Waals surface area contributed by atoms with Crippen LogP contribution in [0.15, 0.2) is 108 Å². The Bertz CT molecular complexity index is 1040. The lowest BCUT2D eigenvalue weighted by molar-refractivity contribution is 0.874. The van der Waals surface area contributed by atoms with Gasteiger partial charge in [0.15, 0.2) is 0 Å². The summed E-state index contributed by atoms with van der Waals surface area (Å²) in [5, 5.41) is 0. The van der Waals surface area contributed by atoms with Crippen LogP contribution in [0.4, 0.5) is 0 Å². The van der Waals surface area contributed by atoms with E-state index in [9.17, 15) is 0 Å². The van der Waals surface area contributed by atoms with Gasteiger partial charge in [0, 0.05) is 24.7 Å². The summed E-state index contributed by atoms with van der Waals surface area (Å²) in [5.74, 6) is 6.52. The number of hydrogen-bond acceptors (Lipinski definition) is 1. The molecule has 30 heavy (non-hydrogen) atoms. The zero-order valence-corrected chi connectivity index (χ0v) is 17.5. The minimum atomic E-state index is 0.779. The van der Waals surface area contributed by atoms with Gasteiger partial charge in [0.1, 0.15) is 0 Å². The van der Waals surface area contributed by atoms with E-state index >= 15 is 0 Å². The van der Waals surface area contributed by atoms with Crippen molar-refractivity contribution in [3.8, 4) is 23.0 Å². The van der Waals surface area contributed by atoms with E-state index in [1.807, 2.05) is 37.4 Å². The minimum absolute atomic E-state index is 0.779. The van der Waals surface area contributed by atoms with Gasteiger partial charge in [-0.15, -0.1) is 0 Å². The van der Waals surface area contributed by atoms with Crippen molar-refractivity contribution in [1.82, 2.24) is 0 Å². The second kappa shape index (κ2) is 12.0. The van der Waals surface area contributed by atoms with E-state index in [0.29, 0.717) is 0 Å². The molecule has 1 heteroatoms. The number of nitrogens with zero attached hydrogens (tertiary/aromatic N) is 1. The molecule has 0 unspecified atom stereocenters. The highest BCUT2D eigenvalue weighted by Crippen LogP contribution is 2.19. The average Bonchev–Trinajstić information content (AvgIpc) is 2.82. The van der Waals surface area contributed by atoms with Crippen molar-refractivity contribution in [1.29, 1.82) is 0 Å². The second-order valence-electron chi connectivity index (χ2n) is 6.90. The zero-order chi connectivity index (χ0) is 20.9. The molecule has 0 heterocycles. The molecule has 3 aromatic carbocycles. The maximum atomic E-state index is 4.60. The molecule has 148 valence electrons. The van der Waals surface area contributed by atoms with Gasteiger partial charge in [0.2, 0.25) is 0 Å². The molecular weight excluding hydrogens is 362 g/mol. The van der Waals surface area contributed by atoms with Crippen LogP contribution in [-0.2, 0) is 0 Å². The average molecular weight is 390 g/mol. The molecule has 0 saturated heterocycles. The first-order valence-electron chi connectivity index (χ1n) is 10.4. The SMILES string of the molecule is C\C=C/C=C(\C=N\CCCC#Cc1ccc(-c2ccccc2)cc1)c1ccccc1. The van der Waals surface area contributed by atoms with E-state index < -0.39 is 0 Å². The van der Waals surface area contributed by atoms with Gasteiger partial charge in [-0.3, -0.25) is 4.99 Å². The van der Waals surface area contributed by atoms with Gasteiger partial charge in [0.05, 0.1) is 0 Å². The Morgan fingerprint density at radius 3 is 2.20 bits per heavy atom. The second-order valence-corrected chi connectivity index (χ2v) is 6.90. The fourth-order valence-electron chi connectivity index (χ4n) is 3.01. The molecule has 3 rings (SSSR count). The molecule has 0 spiro atoms. The number of allylic oxidation sites excluding steroid dienone is 4. The van der Waals surface area contributed by atoms with Crippen molar-refractivity contribution in [2.75, 3.05) is 6.54 Å². The Labute approximate surface area is 180 Å². The topological polar surface area (TPSA) is 12.4 Å². The summed E-state index contributed by atoms with van der Waals surface area (Å²) in [5.41, 5.74) is 5.80. The van der Waals surface area contributed by atoms with E-state index in [1.54, 1.807) is 0 Å². The molecule has 0 aliphatic heterocycles. The maximum absolute atomic E-state index is 4.60. The van der Waals surface area contributed by atoms with Gasteiger partial charge in [0.25, 0.3) is 0 Å². The van der Waals surface area contributed by atoms with Gasteiger partial charge in [-0.1, -0.05) is 103 Å². The number of benzene rings is 3. The summed E-state index contributed by atoms with van der Waals surface area (Å²) in [6, 6.07) is 29.2. The van der Waals surface area contributed by atoms with Gasteiger partial charge in [-0.05, 0) is 47.7 Å². The van der Waals surface area contributed by atoms with Crippen LogP contribution in [-0.4, -0.2) is 12.8 Å². The van der Waals surface area contributed by atoms with Crippen molar-refractivity contribution in [2.24, 2.45) is 4.99 Å². The van der Waals surface area contributed by atoms with Crippen LogP contribution in [0.2, 0.25) is 0 Å². The number of hydrogen-bond donors (Lipinski definition) is 0. The van der Waals surface area contributed by atoms with Crippen LogP contribution in [0.25, 0.3) is 16.7 Å². The van der Waals surface area contributed by atoms with Gasteiger partial charge in [-0.25, -0.2) is 0 Å². The first-order valence-corrected chi connectivity index (χ1v) is 10.4. The fraction of sp³-hybridized carbons (Fsp3) is 0.138. The molecular formula is C29H27N. The van der Waals surface area contributed by atoms with Crippen LogP contribution in [0.5, 0.6) is 0 Å². The summed E-state index contributed by atoms with van der Waals surface area (Å²) < 4.78 is 0. The van der Waals surface area contributed by atoms with Crippen molar-refractivity contribution in [3.63, 3.8) is 0 Å². The van der Waals surface area contributed by atoms with Crippen molar-refractivity contribution in [3.05, 3.63) is 114 Å². The third-order valence-corrected chi connectivity index (χ3v) is 4.62. The first kappa shape index (κ1) is 21.1. The summed E-state index contributed by atoms with van der Waals surface area (Å²) in [6.07, 6.45) is 9.93. The predicted octanol–water partition coefficient (Wildman–Crippen LogP) is 7.22. The molecule has 0 radical (unpaired) electrons. The van der Waals surface area contributed by atoms with E-state index in [-0.39, 0.29) is 0 Å². The smallest absolute Gasteiger partial charge is 0.0398 e. The lowest BCUT2D eigenvalue weighted by Gasteiger charge is -2.01. The minimum Gasteiger partial charge on any atom is -0.293 e. The van der Waals surface area contributed by atoms with Crippen LogP contribution in [0.3, 0.4) is 0 Å². The van der Waals surface area contributed by atoms with Crippen molar-refractivity contribution in [2.45, 2.75) is 19.8 Å². The molecule has 0 bridgehead atoms. The third kappa shape index (κ3) is 6.76. The zero-order valence-electron chi connectivity index (χ0n) is 17.5. The van der Waals surface area contributed by atoms with Crippen LogP contribution >= 0.6 is 0 Å². The number of unbranched alkanes of at least 4 members (excludes halogenated alkanes) is 1. The first-order chi connectivity index (χ1) is 14.9. The summed E-state index contributed by atoms with van der Waals surface area (Å²) in [7, 11) is 0. The Kier molecular flexibility index (Phi) is 8.47. The summed E-state index contributed by atoms with van der Waals surface area (Å²) in [6.45, 7) is 2.80. The van der Waals surface area contributed by atoms with Crippen LogP contribution in [0.1, 0.15) is 30.9 Å². The number of aliphatic imine (C=N–C) groups is 1. The summed E-state index contributed by atoms with van der Waals surface area (Å²) >= 11 is 0. The Hall–Kier alpha value is -3.63. The molecule has 3 aromatic rings. The highest BCUT2D eigenvalue weighted by molar-refractivity contribution is 6.10. The highest BCUT2D eigenvalue weighted by atomic mass is 14.7. The summed E-state index contributed by atoms with van der Waals surface area (Å²) in [4.78, 5) is 4.60. The monoisotopic (exact) mass is 389 g/mol. The normalized spacial score (nSPS) is 11.6. The molecule has 0 fully saturated rings. The predicted molar refractivity (Wildman–Crippen MR) is 131 cm³/mol. The fourth-order valence-corrected chi connectivity index (χ4v) is 3.01. The van der Waals surface area contributed by atoms with Crippen molar-refractivity contribution >= 4 is 11.8 Å². The van der Waals surface area contributed by atoms with Gasteiger partial charge in [-0.2, -0.15) is 0 Å². The Morgan fingerprint density at radius 2 is 1.50 bits per heavy atom. The molecule has 0 aliphatic rings. The molecule has 0 aromatic heterocycles. The number of rotatable bonds is 7. The van der Waals surface area contributed by atoms with E-state index in [4.69, 9.17) is 0 Å². The van der Waals surface area contributed by atoms with E-state index in [2.05, 4.69) is 95.7 Å². The quantitative estimate of drug-likeness (QED) is 0.175. The molecule has 0 N–H and O–H groups in total. The molecule has 0 atom stereocenters.